The molecule has 128 valence electrons. The van der Waals surface area contributed by atoms with Crippen molar-refractivity contribution >= 4 is 17.3 Å². The summed E-state index contributed by atoms with van der Waals surface area (Å²) in [4.78, 5) is 45.1. The summed E-state index contributed by atoms with van der Waals surface area (Å²) >= 11 is 0. The van der Waals surface area contributed by atoms with Gasteiger partial charge in [-0.25, -0.2) is 9.97 Å². The first-order valence-corrected chi connectivity index (χ1v) is 7.77. The molecule has 26 heavy (non-hydrogen) atoms. The van der Waals surface area contributed by atoms with Crippen LogP contribution in [0.15, 0.2) is 35.0 Å². The van der Waals surface area contributed by atoms with Gasteiger partial charge >= 0.3 is 0 Å². The third kappa shape index (κ3) is 2.17. The molecule has 0 aliphatic heterocycles. The predicted molar refractivity (Wildman–Crippen MR) is 89.4 cm³/mol. The molecule has 0 atom stereocenters. The predicted octanol–water partition coefficient (Wildman–Crippen LogP) is 2.73. The summed E-state index contributed by atoms with van der Waals surface area (Å²) in [6.07, 6.45) is 3.05. The Bertz CT molecular complexity index is 1110. The molecule has 0 fully saturated rings. The van der Waals surface area contributed by atoms with Crippen molar-refractivity contribution in [3.63, 3.8) is 0 Å². The molecular formula is C19H12N2O5. The summed E-state index contributed by atoms with van der Waals surface area (Å²) < 4.78 is 5.25. The number of phenols is 1. The van der Waals surface area contributed by atoms with Crippen LogP contribution in [0.3, 0.4) is 0 Å². The number of aryl methyl sites for hydroxylation is 1. The molecule has 0 radical (unpaired) electrons. The smallest absolute Gasteiger partial charge is 0.229 e. The van der Waals surface area contributed by atoms with Gasteiger partial charge in [-0.1, -0.05) is 0 Å². The van der Waals surface area contributed by atoms with Gasteiger partial charge in [-0.05, 0) is 25.1 Å². The van der Waals surface area contributed by atoms with Crippen LogP contribution < -0.4 is 0 Å². The van der Waals surface area contributed by atoms with E-state index in [9.17, 15) is 19.5 Å². The van der Waals surface area contributed by atoms with E-state index in [2.05, 4.69) is 9.97 Å². The van der Waals surface area contributed by atoms with E-state index in [0.29, 0.717) is 17.0 Å². The van der Waals surface area contributed by atoms with Gasteiger partial charge in [0.25, 0.3) is 0 Å². The third-order valence-corrected chi connectivity index (χ3v) is 4.27. The molecule has 0 spiro atoms. The Balaban J connectivity index is 1.91. The lowest BCUT2D eigenvalue weighted by atomic mass is 9.85. The number of aromatic nitrogens is 2. The monoisotopic (exact) mass is 348 g/mol. The molecule has 7 heteroatoms. The van der Waals surface area contributed by atoms with E-state index in [1.165, 1.54) is 37.5 Å². The fraction of sp³-hybridized carbons (Fsp3) is 0.105. The van der Waals surface area contributed by atoms with Gasteiger partial charge in [-0.3, -0.25) is 14.4 Å². The maximum absolute atomic E-state index is 12.8. The fourth-order valence-electron chi connectivity index (χ4n) is 2.93. The first-order chi connectivity index (χ1) is 12.4. The number of carbonyl (C=O) groups is 3. The molecule has 0 amide bonds. The molecule has 1 N–H and O–H groups in total. The number of aromatic hydroxyl groups is 1. The molecule has 0 saturated carbocycles. The second-order valence-corrected chi connectivity index (χ2v) is 5.97. The minimum absolute atomic E-state index is 0.0275. The van der Waals surface area contributed by atoms with Crippen molar-refractivity contribution in [3.05, 3.63) is 64.6 Å². The van der Waals surface area contributed by atoms with Crippen LogP contribution >= 0.6 is 0 Å². The van der Waals surface area contributed by atoms with E-state index in [4.69, 9.17) is 4.42 Å². The Morgan fingerprint density at radius 1 is 1.04 bits per heavy atom. The zero-order valence-electron chi connectivity index (χ0n) is 13.9. The van der Waals surface area contributed by atoms with Crippen molar-refractivity contribution in [2.24, 2.45) is 0 Å². The van der Waals surface area contributed by atoms with Crippen LogP contribution in [-0.4, -0.2) is 32.4 Å². The van der Waals surface area contributed by atoms with Crippen LogP contribution in [-0.2, 0) is 0 Å². The Hall–Kier alpha value is -3.61. The van der Waals surface area contributed by atoms with Crippen molar-refractivity contribution in [1.29, 1.82) is 0 Å². The maximum atomic E-state index is 12.8. The SMILES string of the molecule is CC(=O)c1cc2c(o1)C(=O)c1ccc(-c3cnc(C)nc3)c(O)c1C2=O. The number of rotatable bonds is 2. The van der Waals surface area contributed by atoms with Crippen LogP contribution in [0.4, 0.5) is 0 Å². The van der Waals surface area contributed by atoms with Crippen LogP contribution in [0.25, 0.3) is 11.1 Å². The molecule has 1 aliphatic carbocycles. The van der Waals surface area contributed by atoms with Gasteiger partial charge in [0.05, 0.1) is 11.1 Å². The van der Waals surface area contributed by atoms with Crippen LogP contribution in [0.1, 0.15) is 55.3 Å². The summed E-state index contributed by atoms with van der Waals surface area (Å²) in [5.74, 6) is -1.54. The molecule has 1 aliphatic rings. The van der Waals surface area contributed by atoms with Gasteiger partial charge in [-0.15, -0.1) is 0 Å². The number of phenolic OH excluding ortho intramolecular Hbond substituents is 1. The highest BCUT2D eigenvalue weighted by molar-refractivity contribution is 6.29. The van der Waals surface area contributed by atoms with E-state index in [1.807, 2.05) is 0 Å². The lowest BCUT2D eigenvalue weighted by Crippen LogP contribution is -2.19. The Labute approximate surface area is 147 Å². The first kappa shape index (κ1) is 15.9. The van der Waals surface area contributed by atoms with Crippen molar-refractivity contribution in [3.8, 4) is 16.9 Å². The number of ketones is 3. The normalized spacial score (nSPS) is 12.7. The van der Waals surface area contributed by atoms with Crippen molar-refractivity contribution in [2.45, 2.75) is 13.8 Å². The standard InChI is InChI=1S/C19H12N2O5/c1-8(22)14-5-13-17(24)15-12(18(25)19(13)26-14)4-3-11(16(15)23)10-6-20-9(2)21-7-10/h3-7,23H,1-2H3. The fourth-order valence-corrected chi connectivity index (χ4v) is 2.93. The number of fused-ring (bicyclic) bond motifs is 2. The molecule has 0 bridgehead atoms. The molecule has 0 unspecified atom stereocenters. The number of benzene rings is 1. The largest absolute Gasteiger partial charge is 0.507 e. The molecule has 2 aromatic heterocycles. The van der Waals surface area contributed by atoms with Crippen molar-refractivity contribution in [2.75, 3.05) is 0 Å². The molecule has 2 heterocycles. The lowest BCUT2D eigenvalue weighted by molar-refractivity contribution is 0.0945. The highest BCUT2D eigenvalue weighted by Crippen LogP contribution is 2.39. The number of hydrogen-bond donors (Lipinski definition) is 1. The Kier molecular flexibility index (Phi) is 3.33. The van der Waals surface area contributed by atoms with Crippen LogP contribution in [0.5, 0.6) is 5.75 Å². The number of nitrogens with zero attached hydrogens (tertiary/aromatic N) is 2. The second kappa shape index (κ2) is 5.45. The van der Waals surface area contributed by atoms with E-state index in [0.717, 1.165) is 0 Å². The molecular weight excluding hydrogens is 336 g/mol. The molecule has 0 saturated heterocycles. The molecule has 1 aromatic carbocycles. The highest BCUT2D eigenvalue weighted by Gasteiger charge is 2.37. The molecule has 3 aromatic rings. The van der Waals surface area contributed by atoms with E-state index in [-0.39, 0.29) is 34.0 Å². The summed E-state index contributed by atoms with van der Waals surface area (Å²) in [6.45, 7) is 3.01. The van der Waals surface area contributed by atoms with Gasteiger partial charge in [0, 0.05) is 36.0 Å². The topological polar surface area (TPSA) is 110 Å². The number of furan rings is 1. The Morgan fingerprint density at radius 3 is 2.35 bits per heavy atom. The van der Waals surface area contributed by atoms with Crippen LogP contribution in [0.2, 0.25) is 0 Å². The van der Waals surface area contributed by atoms with E-state index >= 15 is 0 Å². The summed E-state index contributed by atoms with van der Waals surface area (Å²) in [6, 6.07) is 4.21. The zero-order valence-corrected chi connectivity index (χ0v) is 13.9. The minimum atomic E-state index is -0.571. The number of carbonyl (C=O) groups excluding carboxylic acids is 3. The average molecular weight is 348 g/mol. The van der Waals surface area contributed by atoms with Crippen molar-refractivity contribution in [1.82, 2.24) is 9.97 Å². The summed E-state index contributed by atoms with van der Waals surface area (Å²) in [5, 5.41) is 10.7. The third-order valence-electron chi connectivity index (χ3n) is 4.27. The maximum Gasteiger partial charge on any atom is 0.229 e. The van der Waals surface area contributed by atoms with Gasteiger partial charge in [0.15, 0.2) is 17.3 Å². The first-order valence-electron chi connectivity index (χ1n) is 7.77. The van der Waals surface area contributed by atoms with Crippen molar-refractivity contribution < 1.29 is 23.9 Å². The van der Waals surface area contributed by atoms with Crippen LogP contribution in [0, 0.1) is 6.92 Å². The summed E-state index contributed by atoms with van der Waals surface area (Å²) in [5.41, 5.74) is 0.736. The Morgan fingerprint density at radius 2 is 1.69 bits per heavy atom. The van der Waals surface area contributed by atoms with Gasteiger partial charge < -0.3 is 9.52 Å². The van der Waals surface area contributed by atoms with E-state index < -0.39 is 17.3 Å². The lowest BCUT2D eigenvalue weighted by Gasteiger charge is -2.16. The highest BCUT2D eigenvalue weighted by atomic mass is 16.4. The van der Waals surface area contributed by atoms with Gasteiger partial charge in [0.2, 0.25) is 11.6 Å². The molecule has 4 rings (SSSR count). The quantitative estimate of drug-likeness (QED) is 0.554. The van der Waals surface area contributed by atoms with E-state index in [1.54, 1.807) is 6.92 Å². The molecule has 7 nitrogen and oxygen atoms in total. The zero-order chi connectivity index (χ0) is 18.6. The number of Topliss-reactive ketones (excluding diaryl/α,β-unsaturated/α-hetero) is 1. The average Bonchev–Trinajstić information content (AvgIpc) is 3.07. The van der Waals surface area contributed by atoms with Gasteiger partial charge in [-0.2, -0.15) is 0 Å². The minimum Gasteiger partial charge on any atom is -0.507 e. The number of hydrogen-bond acceptors (Lipinski definition) is 7. The van der Waals surface area contributed by atoms with Gasteiger partial charge in [0.1, 0.15) is 11.6 Å². The summed E-state index contributed by atoms with van der Waals surface area (Å²) in [7, 11) is 0. The second-order valence-electron chi connectivity index (χ2n) is 5.97.